The maximum atomic E-state index is 12.7. The molecule has 26 heavy (non-hydrogen) atoms. The van der Waals surface area contributed by atoms with Gasteiger partial charge in [0, 0.05) is 30.6 Å². The van der Waals surface area contributed by atoms with Gasteiger partial charge < -0.3 is 14.8 Å². The molecule has 1 aliphatic carbocycles. The second-order valence-corrected chi connectivity index (χ2v) is 7.34. The van der Waals surface area contributed by atoms with Crippen LogP contribution in [0.3, 0.4) is 0 Å². The van der Waals surface area contributed by atoms with E-state index >= 15 is 0 Å². The Labute approximate surface area is 153 Å². The van der Waals surface area contributed by atoms with Gasteiger partial charge >= 0.3 is 7.55 Å². The van der Waals surface area contributed by atoms with E-state index in [9.17, 15) is 24.0 Å². The third-order valence-electron chi connectivity index (χ3n) is 5.61. The van der Waals surface area contributed by atoms with Gasteiger partial charge in [0.05, 0.1) is 0 Å². The first-order chi connectivity index (χ1) is 12.3. The molecule has 0 aromatic rings. The number of piperidine rings is 1. The minimum atomic E-state index is -0.519. The van der Waals surface area contributed by atoms with Crippen LogP contribution in [0, 0.1) is 23.7 Å². The van der Waals surface area contributed by atoms with E-state index in [1.54, 1.807) is 0 Å². The van der Waals surface area contributed by atoms with Crippen LogP contribution in [0.5, 0.6) is 0 Å². The number of hydrogen-bond donors (Lipinski definition) is 1. The number of fused-ring (bicyclic) bond motifs is 5. The van der Waals surface area contributed by atoms with E-state index < -0.39 is 35.5 Å². The molecule has 4 bridgehead atoms. The molecule has 135 valence electrons. The van der Waals surface area contributed by atoms with Gasteiger partial charge in [0.15, 0.2) is 0 Å². The average molecular weight is 356 g/mol. The van der Waals surface area contributed by atoms with Crippen LogP contribution in [0.1, 0.15) is 45.4 Å². The first kappa shape index (κ1) is 18.7. The predicted molar refractivity (Wildman–Crippen MR) is 90.7 cm³/mol. The van der Waals surface area contributed by atoms with E-state index in [1.165, 1.54) is 6.92 Å². The zero-order valence-corrected chi connectivity index (χ0v) is 14.6. The Morgan fingerprint density at radius 3 is 1.92 bits per heavy atom. The minimum Gasteiger partial charge on any atom is -0.383 e. The van der Waals surface area contributed by atoms with Gasteiger partial charge in [-0.3, -0.25) is 24.0 Å². The summed E-state index contributed by atoms with van der Waals surface area (Å²) in [6, 6.07) is 0. The first-order valence-corrected chi connectivity index (χ1v) is 8.89. The van der Waals surface area contributed by atoms with Gasteiger partial charge in [0.2, 0.25) is 37.5 Å². The molecule has 3 radical (unpaired) electrons. The summed E-state index contributed by atoms with van der Waals surface area (Å²) in [6.45, 7) is 1.28. The van der Waals surface area contributed by atoms with Crippen molar-refractivity contribution < 1.29 is 24.0 Å². The summed E-state index contributed by atoms with van der Waals surface area (Å²) in [5, 5.41) is 2.37. The van der Waals surface area contributed by atoms with Crippen molar-refractivity contribution in [3.05, 3.63) is 0 Å². The number of rotatable bonds is 2. The third kappa shape index (κ3) is 3.41. The van der Waals surface area contributed by atoms with Crippen LogP contribution >= 0.6 is 0 Å². The molecule has 3 rings (SSSR count). The van der Waals surface area contributed by atoms with Crippen molar-refractivity contribution in [2.75, 3.05) is 0 Å². The van der Waals surface area contributed by atoms with Gasteiger partial charge in [-0.05, 0) is 38.5 Å². The fourth-order valence-corrected chi connectivity index (χ4v) is 4.15. The number of nitrogens with zero attached hydrogens (tertiary/aromatic N) is 2. The normalized spacial score (nSPS) is 32.3. The Morgan fingerprint density at radius 1 is 0.885 bits per heavy atom. The maximum Gasteiger partial charge on any atom is 0.400 e. The number of hydrogen-bond acceptors (Lipinski definition) is 5. The van der Waals surface area contributed by atoms with Crippen molar-refractivity contribution >= 4 is 45.1 Å². The monoisotopic (exact) mass is 356 g/mol. The Bertz CT molecular complexity index is 670. The number of nitrogens with one attached hydrogen (secondary N) is 1. The summed E-state index contributed by atoms with van der Waals surface area (Å²) in [5.41, 5.74) is 0. The molecule has 1 N–H and O–H groups in total. The molecule has 3 aliphatic rings. The highest BCUT2D eigenvalue weighted by Crippen LogP contribution is 2.38. The van der Waals surface area contributed by atoms with Crippen molar-refractivity contribution in [3.63, 3.8) is 0 Å². The molecule has 0 spiro atoms. The summed E-state index contributed by atoms with van der Waals surface area (Å²) in [6.07, 6.45) is 2.53. The zero-order valence-electron chi connectivity index (χ0n) is 14.6. The molecule has 4 unspecified atom stereocenters. The van der Waals surface area contributed by atoms with E-state index in [0.717, 1.165) is 12.4 Å². The Hall–Kier alpha value is -2.12. The van der Waals surface area contributed by atoms with Crippen LogP contribution in [-0.2, 0) is 24.0 Å². The van der Waals surface area contributed by atoms with E-state index in [0.29, 0.717) is 36.9 Å². The number of carbonyl (C=O) groups is 5. The highest BCUT2D eigenvalue weighted by Gasteiger charge is 2.45. The van der Waals surface area contributed by atoms with Crippen molar-refractivity contribution in [2.45, 2.75) is 45.4 Å². The second kappa shape index (κ2) is 7.25. The minimum absolute atomic E-state index is 0.250. The fourth-order valence-electron chi connectivity index (χ4n) is 4.15. The summed E-state index contributed by atoms with van der Waals surface area (Å²) in [5.74, 6) is -3.90. The molecule has 8 nitrogen and oxygen atoms in total. The summed E-state index contributed by atoms with van der Waals surface area (Å²) in [7, 11) is 6.81. The van der Waals surface area contributed by atoms with E-state index in [1.807, 2.05) is 0 Å². The van der Waals surface area contributed by atoms with Gasteiger partial charge in [0.25, 0.3) is 0 Å². The highest BCUT2D eigenvalue weighted by molar-refractivity contribution is 6.43. The Kier molecular flexibility index (Phi) is 5.20. The molecule has 2 heterocycles. The van der Waals surface area contributed by atoms with Crippen LogP contribution < -0.4 is 5.23 Å². The molecule has 0 aromatic heterocycles. The molecule has 2 aliphatic heterocycles. The molecule has 2 saturated heterocycles. The molecule has 10 heteroatoms. The Morgan fingerprint density at radius 2 is 1.35 bits per heavy atom. The SMILES string of the molecule is [B]N1C(=O)C2CCC(CC3CC(CC2)C(=O)N([B]NC(C)=O)C3=O)C1=O. The van der Waals surface area contributed by atoms with Crippen LogP contribution in [-0.4, -0.2) is 54.7 Å². The number of amides is 5. The summed E-state index contributed by atoms with van der Waals surface area (Å²) in [4.78, 5) is 63.1. The quantitative estimate of drug-likeness (QED) is 0.521. The standard InChI is InChI=1S/C16H20B2N3O5/c1-8(22)19-18-21-15(25)11-5-3-9-2-4-10(6-12(7-11)16(21)26)14(24)20(17)13(9)23/h9-12H,2-7H2,1H3,(H,19,22). The molecule has 5 amide bonds. The van der Waals surface area contributed by atoms with Gasteiger partial charge in [0.1, 0.15) is 0 Å². The lowest BCUT2D eigenvalue weighted by Crippen LogP contribution is -2.55. The van der Waals surface area contributed by atoms with E-state index in [-0.39, 0.29) is 24.2 Å². The van der Waals surface area contributed by atoms with Gasteiger partial charge in [-0.1, -0.05) is 0 Å². The van der Waals surface area contributed by atoms with Crippen LogP contribution in [0.25, 0.3) is 0 Å². The number of imide groups is 2. The Balaban J connectivity index is 1.89. The van der Waals surface area contributed by atoms with Gasteiger partial charge in [-0.15, -0.1) is 0 Å². The van der Waals surface area contributed by atoms with E-state index in [2.05, 4.69) is 5.23 Å². The third-order valence-corrected chi connectivity index (χ3v) is 5.61. The molecule has 4 atom stereocenters. The van der Waals surface area contributed by atoms with Crippen molar-refractivity contribution in [1.29, 1.82) is 0 Å². The van der Waals surface area contributed by atoms with Crippen LogP contribution in [0.15, 0.2) is 0 Å². The average Bonchev–Trinajstić information content (AvgIpc) is 2.70. The predicted octanol–water partition coefficient (Wildman–Crippen LogP) is -0.703. The lowest BCUT2D eigenvalue weighted by molar-refractivity contribution is -0.150. The summed E-state index contributed by atoms with van der Waals surface area (Å²) >= 11 is 0. The molecule has 0 aromatic carbocycles. The van der Waals surface area contributed by atoms with Crippen molar-refractivity contribution in [3.8, 4) is 0 Å². The van der Waals surface area contributed by atoms with Crippen molar-refractivity contribution in [1.82, 2.24) is 14.8 Å². The molecule has 1 saturated carbocycles. The first-order valence-electron chi connectivity index (χ1n) is 8.89. The van der Waals surface area contributed by atoms with Crippen LogP contribution in [0.4, 0.5) is 0 Å². The smallest absolute Gasteiger partial charge is 0.383 e. The second-order valence-electron chi connectivity index (χ2n) is 7.34. The number of carbonyl (C=O) groups excluding carboxylic acids is 5. The molecular weight excluding hydrogens is 336 g/mol. The summed E-state index contributed by atoms with van der Waals surface area (Å²) < 4.78 is 0. The molecule has 3 fully saturated rings. The fraction of sp³-hybridized carbons (Fsp3) is 0.688. The van der Waals surface area contributed by atoms with Gasteiger partial charge in [-0.2, -0.15) is 0 Å². The lowest BCUT2D eigenvalue weighted by Gasteiger charge is -2.37. The van der Waals surface area contributed by atoms with Gasteiger partial charge in [-0.25, -0.2) is 0 Å². The zero-order chi connectivity index (χ0) is 19.0. The maximum absolute atomic E-state index is 12.7. The topological polar surface area (TPSA) is 104 Å². The van der Waals surface area contributed by atoms with Crippen LogP contribution in [0.2, 0.25) is 0 Å². The van der Waals surface area contributed by atoms with E-state index in [4.69, 9.17) is 7.98 Å². The molecular formula is C16H20B2N3O5. The van der Waals surface area contributed by atoms with Crippen molar-refractivity contribution in [2.24, 2.45) is 23.7 Å². The largest absolute Gasteiger partial charge is 0.400 e. The lowest BCUT2D eigenvalue weighted by atomic mass is 9.75. The highest BCUT2D eigenvalue weighted by atomic mass is 16.2.